The molecule has 0 radical (unpaired) electrons. The summed E-state index contributed by atoms with van der Waals surface area (Å²) >= 11 is 0. The molecule has 8 heteroatoms. The molecule has 2 fully saturated rings. The Balaban J connectivity index is 1.32. The molecule has 2 aromatic rings. The highest BCUT2D eigenvalue weighted by atomic mass is 19.1. The van der Waals surface area contributed by atoms with Gasteiger partial charge in [0, 0.05) is 50.2 Å². The number of pyridine rings is 1. The second-order valence-electron chi connectivity index (χ2n) is 7.49. The Kier molecular flexibility index (Phi) is 5.55. The minimum absolute atomic E-state index is 0.0301. The van der Waals surface area contributed by atoms with Crippen LogP contribution in [0, 0.1) is 12.7 Å². The first-order chi connectivity index (χ1) is 14.0. The van der Waals surface area contributed by atoms with Gasteiger partial charge in [-0.25, -0.2) is 15.2 Å². The molecule has 4 rings (SSSR count). The standard InChI is InChI=1S/C21H24FN5O2/c1-14-2-3-16(12-17(14)22)20(28)26-8-10-27(11-9-26)21(29)19-13-18(24-25-19)15-4-6-23-7-5-15/h2-7,12,18-19,24-25H,8-11,13H2,1H3. The van der Waals surface area contributed by atoms with Gasteiger partial charge in [0.15, 0.2) is 0 Å². The fourth-order valence-corrected chi connectivity index (χ4v) is 3.79. The molecule has 7 nitrogen and oxygen atoms in total. The summed E-state index contributed by atoms with van der Waals surface area (Å²) in [5, 5.41) is 0. The summed E-state index contributed by atoms with van der Waals surface area (Å²) in [6.45, 7) is 3.48. The number of aryl methyl sites for hydroxylation is 1. The Bertz CT molecular complexity index is 899. The number of hydrazine groups is 1. The van der Waals surface area contributed by atoms with Crippen LogP contribution >= 0.6 is 0 Å². The lowest BCUT2D eigenvalue weighted by atomic mass is 10.0. The van der Waals surface area contributed by atoms with Crippen LogP contribution in [0.2, 0.25) is 0 Å². The van der Waals surface area contributed by atoms with Crippen molar-refractivity contribution in [1.82, 2.24) is 25.6 Å². The number of hydrogen-bond acceptors (Lipinski definition) is 5. The minimum Gasteiger partial charge on any atom is -0.338 e. The highest BCUT2D eigenvalue weighted by Crippen LogP contribution is 2.23. The number of piperazine rings is 1. The lowest BCUT2D eigenvalue weighted by molar-refractivity contribution is -0.134. The summed E-state index contributed by atoms with van der Waals surface area (Å²) in [6.07, 6.45) is 4.13. The Morgan fingerprint density at radius 1 is 1.03 bits per heavy atom. The zero-order valence-corrected chi connectivity index (χ0v) is 16.3. The van der Waals surface area contributed by atoms with Crippen molar-refractivity contribution in [3.05, 3.63) is 65.2 Å². The molecule has 1 aromatic carbocycles. The molecular weight excluding hydrogens is 373 g/mol. The maximum absolute atomic E-state index is 13.8. The van der Waals surface area contributed by atoms with E-state index in [9.17, 15) is 14.0 Å². The van der Waals surface area contributed by atoms with E-state index in [1.54, 1.807) is 41.2 Å². The van der Waals surface area contributed by atoms with Gasteiger partial charge in [0.05, 0.1) is 0 Å². The van der Waals surface area contributed by atoms with Crippen molar-refractivity contribution in [2.75, 3.05) is 26.2 Å². The number of rotatable bonds is 3. The van der Waals surface area contributed by atoms with Crippen LogP contribution in [0.3, 0.4) is 0 Å². The van der Waals surface area contributed by atoms with Crippen molar-refractivity contribution >= 4 is 11.8 Å². The van der Waals surface area contributed by atoms with Crippen molar-refractivity contribution in [1.29, 1.82) is 0 Å². The quantitative estimate of drug-likeness (QED) is 0.819. The molecule has 2 N–H and O–H groups in total. The molecule has 152 valence electrons. The van der Waals surface area contributed by atoms with Gasteiger partial charge in [-0.1, -0.05) is 6.07 Å². The molecule has 2 aliphatic rings. The fourth-order valence-electron chi connectivity index (χ4n) is 3.79. The van der Waals surface area contributed by atoms with Crippen molar-refractivity contribution in [3.63, 3.8) is 0 Å². The van der Waals surface area contributed by atoms with Crippen molar-refractivity contribution in [2.24, 2.45) is 0 Å². The zero-order valence-electron chi connectivity index (χ0n) is 16.3. The van der Waals surface area contributed by atoms with E-state index in [1.165, 1.54) is 6.07 Å². The summed E-state index contributed by atoms with van der Waals surface area (Å²) in [4.78, 5) is 33.0. The second kappa shape index (κ2) is 8.26. The summed E-state index contributed by atoms with van der Waals surface area (Å²) in [5.41, 5.74) is 8.21. The van der Waals surface area contributed by atoms with Crippen molar-refractivity contribution in [2.45, 2.75) is 25.4 Å². The molecule has 3 heterocycles. The van der Waals surface area contributed by atoms with E-state index < -0.39 is 0 Å². The average molecular weight is 397 g/mol. The number of nitrogens with zero attached hydrogens (tertiary/aromatic N) is 3. The largest absolute Gasteiger partial charge is 0.338 e. The second-order valence-corrected chi connectivity index (χ2v) is 7.49. The number of hydrogen-bond donors (Lipinski definition) is 2. The van der Waals surface area contributed by atoms with Crippen LogP contribution < -0.4 is 10.9 Å². The third-order valence-electron chi connectivity index (χ3n) is 5.61. The number of benzene rings is 1. The molecule has 2 aliphatic heterocycles. The third kappa shape index (κ3) is 4.13. The van der Waals surface area contributed by atoms with E-state index in [1.807, 2.05) is 12.1 Å². The lowest BCUT2D eigenvalue weighted by Gasteiger charge is -2.36. The van der Waals surface area contributed by atoms with Crippen molar-refractivity contribution in [3.8, 4) is 0 Å². The first-order valence-corrected chi connectivity index (χ1v) is 9.78. The summed E-state index contributed by atoms with van der Waals surface area (Å²) < 4.78 is 13.8. The molecule has 1 aromatic heterocycles. The predicted molar refractivity (Wildman–Crippen MR) is 105 cm³/mol. The number of amides is 2. The Labute approximate surface area is 168 Å². The molecule has 0 saturated carbocycles. The average Bonchev–Trinajstić information content (AvgIpc) is 3.26. The van der Waals surface area contributed by atoms with Crippen LogP contribution in [0.5, 0.6) is 0 Å². The molecule has 0 bridgehead atoms. The predicted octanol–water partition coefficient (Wildman–Crippen LogP) is 1.42. The van der Waals surface area contributed by atoms with Crippen LogP contribution in [0.25, 0.3) is 0 Å². The Morgan fingerprint density at radius 2 is 1.72 bits per heavy atom. The van der Waals surface area contributed by atoms with Crippen LogP contribution in [-0.2, 0) is 4.79 Å². The number of aromatic nitrogens is 1. The van der Waals surface area contributed by atoms with Crippen LogP contribution in [0.15, 0.2) is 42.7 Å². The van der Waals surface area contributed by atoms with E-state index >= 15 is 0 Å². The topological polar surface area (TPSA) is 77.6 Å². The lowest BCUT2D eigenvalue weighted by Crippen LogP contribution is -2.54. The van der Waals surface area contributed by atoms with E-state index in [0.717, 1.165) is 5.56 Å². The first kappa shape index (κ1) is 19.5. The van der Waals surface area contributed by atoms with Crippen molar-refractivity contribution < 1.29 is 14.0 Å². The number of nitrogens with one attached hydrogen (secondary N) is 2. The monoisotopic (exact) mass is 397 g/mol. The molecule has 2 unspecified atom stereocenters. The zero-order chi connectivity index (χ0) is 20.4. The SMILES string of the molecule is Cc1ccc(C(=O)N2CCN(C(=O)C3CC(c4ccncc4)NN3)CC2)cc1F. The normalized spacial score (nSPS) is 22.0. The smallest absolute Gasteiger partial charge is 0.254 e. The van der Waals surface area contributed by atoms with Crippen LogP contribution in [0.1, 0.15) is 33.9 Å². The Hall–Kier alpha value is -2.84. The summed E-state index contributed by atoms with van der Waals surface area (Å²) in [5.74, 6) is -0.551. The van der Waals surface area contributed by atoms with E-state index in [2.05, 4.69) is 15.8 Å². The van der Waals surface area contributed by atoms with Gasteiger partial charge in [-0.3, -0.25) is 14.6 Å². The minimum atomic E-state index is -0.381. The van der Waals surface area contributed by atoms with Gasteiger partial charge in [-0.2, -0.15) is 0 Å². The molecule has 2 amide bonds. The van der Waals surface area contributed by atoms with E-state index in [0.29, 0.717) is 43.7 Å². The first-order valence-electron chi connectivity index (χ1n) is 9.78. The van der Waals surface area contributed by atoms with E-state index in [-0.39, 0.29) is 29.7 Å². The number of halogens is 1. The molecule has 29 heavy (non-hydrogen) atoms. The molecule has 2 atom stereocenters. The van der Waals surface area contributed by atoms with Gasteiger partial charge in [0.2, 0.25) is 5.91 Å². The summed E-state index contributed by atoms with van der Waals surface area (Å²) in [6, 6.07) is 8.16. The maximum Gasteiger partial charge on any atom is 0.254 e. The van der Waals surface area contributed by atoms with Gasteiger partial charge in [-0.15, -0.1) is 0 Å². The summed E-state index contributed by atoms with van der Waals surface area (Å²) in [7, 11) is 0. The van der Waals surface area contributed by atoms with Gasteiger partial charge < -0.3 is 9.80 Å². The highest BCUT2D eigenvalue weighted by Gasteiger charge is 2.34. The third-order valence-corrected chi connectivity index (χ3v) is 5.61. The molecule has 0 spiro atoms. The van der Waals surface area contributed by atoms with Crippen LogP contribution in [0.4, 0.5) is 4.39 Å². The highest BCUT2D eigenvalue weighted by molar-refractivity contribution is 5.94. The van der Waals surface area contributed by atoms with Gasteiger partial charge >= 0.3 is 0 Å². The van der Waals surface area contributed by atoms with Gasteiger partial charge in [0.1, 0.15) is 11.9 Å². The Morgan fingerprint density at radius 3 is 2.41 bits per heavy atom. The molecule has 0 aliphatic carbocycles. The van der Waals surface area contributed by atoms with Gasteiger partial charge in [0.25, 0.3) is 5.91 Å². The molecule has 2 saturated heterocycles. The number of carbonyl (C=O) groups excluding carboxylic acids is 2. The van der Waals surface area contributed by atoms with Gasteiger partial charge in [-0.05, 0) is 48.7 Å². The van der Waals surface area contributed by atoms with E-state index in [4.69, 9.17) is 0 Å². The fraction of sp³-hybridized carbons (Fsp3) is 0.381. The molecular formula is C21H24FN5O2. The number of carbonyl (C=O) groups is 2. The maximum atomic E-state index is 13.8. The van der Waals surface area contributed by atoms with Crippen LogP contribution in [-0.4, -0.2) is 58.8 Å².